The van der Waals surface area contributed by atoms with Crippen molar-refractivity contribution in [2.24, 2.45) is 0 Å². The van der Waals surface area contributed by atoms with Gasteiger partial charge >= 0.3 is 0 Å². The third-order valence-corrected chi connectivity index (χ3v) is 3.70. The first-order valence-corrected chi connectivity index (χ1v) is 5.27. The van der Waals surface area contributed by atoms with Crippen molar-refractivity contribution in [3.63, 3.8) is 0 Å². The maximum atomic E-state index is 6.13. The maximum absolute atomic E-state index is 6.13. The van der Waals surface area contributed by atoms with Crippen LogP contribution in [0.5, 0.6) is 0 Å². The first-order valence-electron chi connectivity index (χ1n) is 4.89. The number of halogens is 1. The highest BCUT2D eigenvalue weighted by Gasteiger charge is 2.48. The summed E-state index contributed by atoms with van der Waals surface area (Å²) in [4.78, 5) is 0. The number of anilines is 1. The van der Waals surface area contributed by atoms with E-state index in [4.69, 9.17) is 16.3 Å². The van der Waals surface area contributed by atoms with Gasteiger partial charge in [0.2, 0.25) is 0 Å². The van der Waals surface area contributed by atoms with Gasteiger partial charge in [-0.1, -0.05) is 30.7 Å². The second-order valence-corrected chi connectivity index (χ2v) is 4.63. The van der Waals surface area contributed by atoms with E-state index in [1.54, 1.807) is 0 Å². The Labute approximate surface area is 88.2 Å². The Morgan fingerprint density at radius 2 is 2.43 bits per heavy atom. The average molecular weight is 210 g/mol. The third-order valence-electron chi connectivity index (χ3n) is 3.39. The lowest BCUT2D eigenvalue weighted by molar-refractivity contribution is 0.112. The van der Waals surface area contributed by atoms with Crippen molar-refractivity contribution in [1.29, 1.82) is 0 Å². The predicted molar refractivity (Wildman–Crippen MR) is 56.8 cm³/mol. The van der Waals surface area contributed by atoms with E-state index >= 15 is 0 Å². The molecule has 1 N–H and O–H groups in total. The van der Waals surface area contributed by atoms with Gasteiger partial charge in [-0.25, -0.2) is 0 Å². The van der Waals surface area contributed by atoms with Gasteiger partial charge in [-0.3, -0.25) is 0 Å². The molecule has 1 aromatic rings. The van der Waals surface area contributed by atoms with Gasteiger partial charge in [0.1, 0.15) is 6.23 Å². The van der Waals surface area contributed by atoms with Crippen molar-refractivity contribution in [1.82, 2.24) is 0 Å². The Morgan fingerprint density at radius 1 is 1.57 bits per heavy atom. The Kier molecular flexibility index (Phi) is 1.62. The fourth-order valence-electron chi connectivity index (χ4n) is 2.46. The number of fused-ring (bicyclic) bond motifs is 3. The van der Waals surface area contributed by atoms with Crippen molar-refractivity contribution >= 4 is 17.3 Å². The topological polar surface area (TPSA) is 21.3 Å². The molecule has 2 heterocycles. The van der Waals surface area contributed by atoms with E-state index in [2.05, 4.69) is 18.3 Å². The van der Waals surface area contributed by atoms with Crippen LogP contribution in [-0.4, -0.2) is 12.8 Å². The summed E-state index contributed by atoms with van der Waals surface area (Å²) in [5.41, 5.74) is 2.47. The molecule has 2 aliphatic heterocycles. The summed E-state index contributed by atoms with van der Waals surface area (Å²) >= 11 is 6.13. The Bertz CT molecular complexity index is 393. The van der Waals surface area contributed by atoms with Gasteiger partial charge in [0, 0.05) is 5.41 Å². The van der Waals surface area contributed by atoms with Gasteiger partial charge in [0.05, 0.1) is 17.3 Å². The Morgan fingerprint density at radius 3 is 3.29 bits per heavy atom. The van der Waals surface area contributed by atoms with Crippen molar-refractivity contribution < 1.29 is 4.74 Å². The zero-order valence-corrected chi connectivity index (χ0v) is 8.77. The molecule has 3 heteroatoms. The van der Waals surface area contributed by atoms with Crippen LogP contribution in [0.15, 0.2) is 18.2 Å². The summed E-state index contributed by atoms with van der Waals surface area (Å²) in [6, 6.07) is 6.06. The molecule has 0 unspecified atom stereocenters. The van der Waals surface area contributed by atoms with Crippen LogP contribution in [0, 0.1) is 0 Å². The van der Waals surface area contributed by atoms with Crippen LogP contribution in [0.4, 0.5) is 5.69 Å². The van der Waals surface area contributed by atoms with Crippen molar-refractivity contribution in [3.05, 3.63) is 28.8 Å². The summed E-state index contributed by atoms with van der Waals surface area (Å²) in [6.45, 7) is 3.07. The quantitative estimate of drug-likeness (QED) is 0.710. The molecule has 0 aliphatic carbocycles. The molecule has 2 atom stereocenters. The van der Waals surface area contributed by atoms with Crippen molar-refractivity contribution in [3.8, 4) is 0 Å². The molecule has 2 nitrogen and oxygen atoms in total. The van der Waals surface area contributed by atoms with Crippen molar-refractivity contribution in [2.75, 3.05) is 11.9 Å². The van der Waals surface area contributed by atoms with E-state index in [0.717, 1.165) is 23.7 Å². The smallest absolute Gasteiger partial charge is 0.137 e. The van der Waals surface area contributed by atoms with Gasteiger partial charge in [0.15, 0.2) is 0 Å². The summed E-state index contributed by atoms with van der Waals surface area (Å²) in [7, 11) is 0. The number of para-hydroxylation sites is 1. The van der Waals surface area contributed by atoms with Crippen LogP contribution < -0.4 is 5.32 Å². The monoisotopic (exact) mass is 209 g/mol. The number of hydrogen-bond acceptors (Lipinski definition) is 2. The molecule has 0 spiro atoms. The molecule has 1 aromatic carbocycles. The molecule has 0 radical (unpaired) electrons. The zero-order valence-electron chi connectivity index (χ0n) is 8.01. The van der Waals surface area contributed by atoms with Gasteiger partial charge in [-0.05, 0) is 18.1 Å². The summed E-state index contributed by atoms with van der Waals surface area (Å²) in [6.07, 6.45) is 1.18. The molecule has 0 saturated carbocycles. The molecule has 0 amide bonds. The molecule has 2 aliphatic rings. The van der Waals surface area contributed by atoms with E-state index in [0.29, 0.717) is 0 Å². The first kappa shape index (κ1) is 8.57. The maximum Gasteiger partial charge on any atom is 0.137 e. The zero-order chi connectivity index (χ0) is 9.76. The fourth-order valence-corrected chi connectivity index (χ4v) is 2.69. The lowest BCUT2D eigenvalue weighted by atomic mass is 9.82. The van der Waals surface area contributed by atoms with Crippen LogP contribution in [0.2, 0.25) is 5.02 Å². The molecule has 14 heavy (non-hydrogen) atoms. The Hall–Kier alpha value is -0.730. The highest BCUT2D eigenvalue weighted by Crippen LogP contribution is 2.49. The molecule has 74 valence electrons. The van der Waals surface area contributed by atoms with E-state index in [9.17, 15) is 0 Å². The fraction of sp³-hybridized carbons (Fsp3) is 0.455. The normalized spacial score (nSPS) is 33.7. The molecule has 1 saturated heterocycles. The molecule has 1 fully saturated rings. The van der Waals surface area contributed by atoms with Gasteiger partial charge in [-0.15, -0.1) is 0 Å². The number of ether oxygens (including phenoxy) is 1. The second kappa shape index (κ2) is 2.65. The lowest BCUT2D eigenvalue weighted by Gasteiger charge is -2.21. The number of hydrogen-bond donors (Lipinski definition) is 1. The van der Waals surface area contributed by atoms with E-state index in [1.165, 1.54) is 5.56 Å². The highest BCUT2D eigenvalue weighted by atomic mass is 35.5. The highest BCUT2D eigenvalue weighted by molar-refractivity contribution is 6.33. The minimum atomic E-state index is 0.109. The van der Waals surface area contributed by atoms with Gasteiger partial charge in [0.25, 0.3) is 0 Å². The minimum absolute atomic E-state index is 0.109. The molecular formula is C11H12ClNO. The van der Waals surface area contributed by atoms with Crippen LogP contribution in [-0.2, 0) is 10.2 Å². The van der Waals surface area contributed by atoms with Crippen LogP contribution in [0.3, 0.4) is 0 Å². The lowest BCUT2D eigenvalue weighted by Crippen LogP contribution is -2.31. The van der Waals surface area contributed by atoms with Crippen LogP contribution in [0.25, 0.3) is 0 Å². The van der Waals surface area contributed by atoms with Gasteiger partial charge < -0.3 is 10.1 Å². The van der Waals surface area contributed by atoms with E-state index < -0.39 is 0 Å². The molecular weight excluding hydrogens is 198 g/mol. The number of nitrogens with one attached hydrogen (secondary N) is 1. The van der Waals surface area contributed by atoms with Crippen LogP contribution in [0.1, 0.15) is 18.9 Å². The molecule has 0 aromatic heterocycles. The average Bonchev–Trinajstić information content (AvgIpc) is 2.62. The summed E-state index contributed by atoms with van der Waals surface area (Å²) in [5, 5.41) is 4.14. The third kappa shape index (κ3) is 0.904. The summed E-state index contributed by atoms with van der Waals surface area (Å²) in [5.74, 6) is 0. The molecule has 3 rings (SSSR count). The second-order valence-electron chi connectivity index (χ2n) is 4.23. The predicted octanol–water partition coefficient (Wildman–Crippen LogP) is 2.77. The number of rotatable bonds is 0. The van der Waals surface area contributed by atoms with Gasteiger partial charge in [-0.2, -0.15) is 0 Å². The van der Waals surface area contributed by atoms with Crippen molar-refractivity contribution in [2.45, 2.75) is 25.0 Å². The Balaban J connectivity index is 2.20. The van der Waals surface area contributed by atoms with Crippen LogP contribution >= 0.6 is 11.6 Å². The van der Waals surface area contributed by atoms with E-state index in [-0.39, 0.29) is 11.6 Å². The molecule has 0 bridgehead atoms. The standard InChI is InChI=1S/C11H12ClNO/c1-11-5-6-14-10(11)13-9-7(11)3-2-4-8(9)12/h2-4,10,13H,5-6H2,1H3/t10-,11-/m0/s1. The number of benzene rings is 1. The SMILES string of the molecule is C[C@@]12CCO[C@@H]1Nc1c(Cl)cccc12. The minimum Gasteiger partial charge on any atom is -0.358 e. The van der Waals surface area contributed by atoms with E-state index in [1.807, 2.05) is 12.1 Å². The summed E-state index contributed by atoms with van der Waals surface area (Å²) < 4.78 is 5.65. The first-order chi connectivity index (χ1) is 6.72. The largest absolute Gasteiger partial charge is 0.358 e.